The number of ether oxygens (including phenoxy) is 1. The highest BCUT2D eigenvalue weighted by Gasteiger charge is 2.17. The minimum Gasteiger partial charge on any atom is -0.482 e. The number of benzene rings is 2. The monoisotopic (exact) mass is 336 g/mol. The molecule has 2 aromatic carbocycles. The zero-order valence-electron chi connectivity index (χ0n) is 11.2. The van der Waals surface area contributed by atoms with E-state index in [0.717, 1.165) is 0 Å². The normalized spacial score (nSPS) is 12.9. The first-order valence-corrected chi connectivity index (χ1v) is 7.11. The lowest BCUT2D eigenvalue weighted by molar-refractivity contribution is -0.118. The van der Waals surface area contributed by atoms with E-state index in [1.807, 2.05) is 0 Å². The molecule has 0 bridgehead atoms. The van der Waals surface area contributed by atoms with Gasteiger partial charge in [-0.1, -0.05) is 23.2 Å². The van der Waals surface area contributed by atoms with Crippen LogP contribution in [0.2, 0.25) is 10.0 Å². The Bertz CT molecular complexity index is 777. The molecule has 112 valence electrons. The summed E-state index contributed by atoms with van der Waals surface area (Å²) in [5, 5.41) is 6.09. The molecule has 0 aliphatic carbocycles. The van der Waals surface area contributed by atoms with Crippen LogP contribution in [-0.2, 0) is 4.79 Å². The maximum Gasteiger partial charge on any atom is 0.262 e. The summed E-state index contributed by atoms with van der Waals surface area (Å²) in [6.07, 6.45) is 0. The molecule has 3 rings (SSSR count). The second kappa shape index (κ2) is 5.87. The van der Waals surface area contributed by atoms with Gasteiger partial charge in [0.25, 0.3) is 11.8 Å². The van der Waals surface area contributed by atoms with Gasteiger partial charge in [0.05, 0.1) is 16.3 Å². The van der Waals surface area contributed by atoms with E-state index in [4.69, 9.17) is 27.9 Å². The predicted molar refractivity (Wildman–Crippen MR) is 85.0 cm³/mol. The highest BCUT2D eigenvalue weighted by Crippen LogP contribution is 2.31. The molecule has 0 atom stereocenters. The van der Waals surface area contributed by atoms with E-state index in [9.17, 15) is 9.59 Å². The van der Waals surface area contributed by atoms with Crippen molar-refractivity contribution in [1.29, 1.82) is 0 Å². The lowest BCUT2D eigenvalue weighted by Gasteiger charge is -2.18. The number of nitrogens with one attached hydrogen (secondary N) is 2. The van der Waals surface area contributed by atoms with Gasteiger partial charge in [-0.15, -0.1) is 0 Å². The van der Waals surface area contributed by atoms with Crippen molar-refractivity contribution in [2.45, 2.75) is 0 Å². The molecular formula is C15H10Cl2N2O3. The molecule has 5 nitrogen and oxygen atoms in total. The molecule has 1 aliphatic heterocycles. The van der Waals surface area contributed by atoms with Gasteiger partial charge >= 0.3 is 0 Å². The van der Waals surface area contributed by atoms with Crippen LogP contribution in [0.25, 0.3) is 0 Å². The summed E-state index contributed by atoms with van der Waals surface area (Å²) in [4.78, 5) is 23.6. The molecule has 7 heteroatoms. The van der Waals surface area contributed by atoms with Gasteiger partial charge in [-0.25, -0.2) is 0 Å². The highest BCUT2D eigenvalue weighted by atomic mass is 35.5. The van der Waals surface area contributed by atoms with Crippen LogP contribution in [0.4, 0.5) is 11.4 Å². The molecule has 2 aromatic rings. The number of fused-ring (bicyclic) bond motifs is 1. The van der Waals surface area contributed by atoms with Gasteiger partial charge in [0.2, 0.25) is 0 Å². The highest BCUT2D eigenvalue weighted by molar-refractivity contribution is 6.36. The molecule has 0 fully saturated rings. The van der Waals surface area contributed by atoms with E-state index in [1.54, 1.807) is 30.3 Å². The maximum absolute atomic E-state index is 12.2. The third-order valence-corrected chi connectivity index (χ3v) is 3.61. The van der Waals surface area contributed by atoms with Crippen molar-refractivity contribution in [2.75, 3.05) is 17.2 Å². The number of rotatable bonds is 2. The Morgan fingerprint density at radius 1 is 1.18 bits per heavy atom. The molecule has 0 spiro atoms. The molecular weight excluding hydrogens is 327 g/mol. The number of anilines is 2. The van der Waals surface area contributed by atoms with E-state index >= 15 is 0 Å². The van der Waals surface area contributed by atoms with Crippen molar-refractivity contribution < 1.29 is 14.3 Å². The lowest BCUT2D eigenvalue weighted by Crippen LogP contribution is -2.25. The summed E-state index contributed by atoms with van der Waals surface area (Å²) in [5.74, 6) is -0.0808. The summed E-state index contributed by atoms with van der Waals surface area (Å²) in [5.41, 5.74) is 1.28. The van der Waals surface area contributed by atoms with Crippen molar-refractivity contribution in [2.24, 2.45) is 0 Å². The van der Waals surface area contributed by atoms with Crippen molar-refractivity contribution >= 4 is 46.4 Å². The largest absolute Gasteiger partial charge is 0.482 e. The molecule has 1 heterocycles. The predicted octanol–water partition coefficient (Wildman–Crippen LogP) is 3.58. The number of halogens is 2. The van der Waals surface area contributed by atoms with E-state index in [0.29, 0.717) is 27.2 Å². The van der Waals surface area contributed by atoms with E-state index in [2.05, 4.69) is 10.6 Å². The molecule has 0 saturated heterocycles. The first kappa shape index (κ1) is 14.7. The summed E-state index contributed by atoms with van der Waals surface area (Å²) in [6.45, 7) is -0.0170. The topological polar surface area (TPSA) is 67.4 Å². The summed E-state index contributed by atoms with van der Waals surface area (Å²) in [6, 6.07) is 9.61. The number of carbonyl (C=O) groups excluding carboxylic acids is 2. The van der Waals surface area contributed by atoms with Crippen molar-refractivity contribution in [3.63, 3.8) is 0 Å². The fourth-order valence-electron chi connectivity index (χ4n) is 2.03. The second-order valence-electron chi connectivity index (χ2n) is 4.63. The minimum atomic E-state index is -0.393. The summed E-state index contributed by atoms with van der Waals surface area (Å²) >= 11 is 11.9. The lowest BCUT2D eigenvalue weighted by atomic mass is 10.2. The molecule has 22 heavy (non-hydrogen) atoms. The molecule has 0 radical (unpaired) electrons. The van der Waals surface area contributed by atoms with Gasteiger partial charge in [0, 0.05) is 10.7 Å². The molecule has 0 saturated carbocycles. The molecule has 0 unspecified atom stereocenters. The van der Waals surface area contributed by atoms with E-state index < -0.39 is 5.91 Å². The van der Waals surface area contributed by atoms with Crippen LogP contribution in [0.5, 0.6) is 5.75 Å². The maximum atomic E-state index is 12.2. The first-order valence-electron chi connectivity index (χ1n) is 6.36. The number of hydrogen-bond acceptors (Lipinski definition) is 3. The standard InChI is InChI=1S/C15H10Cl2N2O3/c16-8-1-3-11(17)10(5-8)15(21)18-9-2-4-13-12(6-9)19-14(20)7-22-13/h1-6H,7H2,(H,18,21)(H,19,20). The van der Waals surface area contributed by atoms with Crippen molar-refractivity contribution in [3.05, 3.63) is 52.0 Å². The van der Waals surface area contributed by atoms with Crippen LogP contribution < -0.4 is 15.4 Å². The summed E-state index contributed by atoms with van der Waals surface area (Å²) < 4.78 is 5.25. The third-order valence-electron chi connectivity index (χ3n) is 3.04. The van der Waals surface area contributed by atoms with E-state index in [-0.39, 0.29) is 18.1 Å². The zero-order valence-corrected chi connectivity index (χ0v) is 12.7. The zero-order chi connectivity index (χ0) is 15.7. The number of hydrogen-bond donors (Lipinski definition) is 2. The molecule has 2 N–H and O–H groups in total. The number of amides is 2. The van der Waals surface area contributed by atoms with Gasteiger partial charge in [-0.05, 0) is 36.4 Å². The van der Waals surface area contributed by atoms with Gasteiger partial charge < -0.3 is 15.4 Å². The van der Waals surface area contributed by atoms with Crippen molar-refractivity contribution in [3.8, 4) is 5.75 Å². The average molecular weight is 337 g/mol. The smallest absolute Gasteiger partial charge is 0.262 e. The molecule has 1 aliphatic rings. The Labute approximate surface area is 136 Å². The van der Waals surface area contributed by atoms with Crippen LogP contribution in [0.15, 0.2) is 36.4 Å². The van der Waals surface area contributed by atoms with Crippen LogP contribution in [0.3, 0.4) is 0 Å². The van der Waals surface area contributed by atoms with Gasteiger partial charge in [0.1, 0.15) is 5.75 Å². The minimum absolute atomic E-state index is 0.0170. The molecule has 2 amide bonds. The first-order chi connectivity index (χ1) is 10.5. The quantitative estimate of drug-likeness (QED) is 0.880. The van der Waals surface area contributed by atoms with E-state index in [1.165, 1.54) is 6.07 Å². The fourth-order valence-corrected chi connectivity index (χ4v) is 2.41. The Balaban J connectivity index is 1.84. The molecule has 0 aromatic heterocycles. The van der Waals surface area contributed by atoms with Gasteiger partial charge in [-0.3, -0.25) is 9.59 Å². The van der Waals surface area contributed by atoms with Gasteiger partial charge in [0.15, 0.2) is 6.61 Å². The van der Waals surface area contributed by atoms with Crippen LogP contribution >= 0.6 is 23.2 Å². The van der Waals surface area contributed by atoms with Crippen LogP contribution in [-0.4, -0.2) is 18.4 Å². The third kappa shape index (κ3) is 3.00. The van der Waals surface area contributed by atoms with Crippen LogP contribution in [0.1, 0.15) is 10.4 Å². The Hall–Kier alpha value is -2.24. The Kier molecular flexibility index (Phi) is 3.92. The fraction of sp³-hybridized carbons (Fsp3) is 0.0667. The van der Waals surface area contributed by atoms with Crippen LogP contribution in [0, 0.1) is 0 Å². The summed E-state index contributed by atoms with van der Waals surface area (Å²) in [7, 11) is 0. The number of carbonyl (C=O) groups is 2. The Morgan fingerprint density at radius 3 is 2.82 bits per heavy atom. The SMILES string of the molecule is O=C1COc2ccc(NC(=O)c3cc(Cl)ccc3Cl)cc2N1. The van der Waals surface area contributed by atoms with Gasteiger partial charge in [-0.2, -0.15) is 0 Å². The average Bonchev–Trinajstić information content (AvgIpc) is 2.49. The Morgan fingerprint density at radius 2 is 2.00 bits per heavy atom. The van der Waals surface area contributed by atoms with Crippen molar-refractivity contribution in [1.82, 2.24) is 0 Å². The second-order valence-corrected chi connectivity index (χ2v) is 5.47.